The van der Waals surface area contributed by atoms with Crippen molar-refractivity contribution in [2.24, 2.45) is 7.05 Å². The maximum atomic E-state index is 13.4. The molecule has 1 N–H and O–H groups in total. The summed E-state index contributed by atoms with van der Waals surface area (Å²) in [7, 11) is 1.79. The van der Waals surface area contributed by atoms with Crippen LogP contribution in [0.4, 0.5) is 0 Å². The highest BCUT2D eigenvalue weighted by Gasteiger charge is 2.39. The first kappa shape index (κ1) is 18.5. The molecule has 1 atom stereocenters. The van der Waals surface area contributed by atoms with E-state index in [1.165, 1.54) is 0 Å². The summed E-state index contributed by atoms with van der Waals surface area (Å²) in [6.45, 7) is 2.40. The van der Waals surface area contributed by atoms with Crippen molar-refractivity contribution in [1.82, 2.24) is 39.8 Å². The Morgan fingerprint density at radius 1 is 1.25 bits per heavy atom. The van der Waals surface area contributed by atoms with Gasteiger partial charge in [-0.2, -0.15) is 5.10 Å². The molecular weight excluding hydrogens is 412 g/mol. The minimum atomic E-state index is -0.612. The van der Waals surface area contributed by atoms with Crippen molar-refractivity contribution in [3.8, 4) is 11.5 Å². The van der Waals surface area contributed by atoms with Gasteiger partial charge < -0.3 is 18.7 Å². The van der Waals surface area contributed by atoms with Crippen LogP contribution in [-0.2, 0) is 13.5 Å². The zero-order valence-corrected chi connectivity index (χ0v) is 17.3. The number of amides is 1. The fraction of sp³-hybridized carbons (Fsp3) is 0.238. The highest BCUT2D eigenvalue weighted by Crippen LogP contribution is 2.35. The van der Waals surface area contributed by atoms with Gasteiger partial charge in [0.05, 0.1) is 23.8 Å². The zero-order valence-electron chi connectivity index (χ0n) is 17.3. The molecule has 5 heterocycles. The van der Waals surface area contributed by atoms with Crippen molar-refractivity contribution < 1.29 is 13.6 Å². The summed E-state index contributed by atoms with van der Waals surface area (Å²) in [5.41, 5.74) is 4.71. The third-order valence-electron chi connectivity index (χ3n) is 5.54. The summed E-state index contributed by atoms with van der Waals surface area (Å²) in [5.74, 6) is 0.0938. The second kappa shape index (κ2) is 6.87. The third-order valence-corrected chi connectivity index (χ3v) is 5.54. The molecule has 11 nitrogen and oxygen atoms in total. The van der Waals surface area contributed by atoms with E-state index >= 15 is 0 Å². The monoisotopic (exact) mass is 430 g/mol. The molecule has 0 aliphatic carbocycles. The summed E-state index contributed by atoms with van der Waals surface area (Å²) in [6, 6.07) is 5.18. The van der Waals surface area contributed by atoms with Gasteiger partial charge in [0.1, 0.15) is 5.52 Å². The van der Waals surface area contributed by atoms with Crippen LogP contribution < -0.4 is 0 Å². The van der Waals surface area contributed by atoms with Crippen molar-refractivity contribution in [2.45, 2.75) is 19.4 Å². The summed E-state index contributed by atoms with van der Waals surface area (Å²) in [4.78, 5) is 27.3. The van der Waals surface area contributed by atoms with Gasteiger partial charge in [0.25, 0.3) is 5.89 Å². The Morgan fingerprint density at radius 2 is 2.16 bits per heavy atom. The van der Waals surface area contributed by atoms with Gasteiger partial charge in [-0.15, -0.1) is 10.2 Å². The minimum absolute atomic E-state index is 0.111. The van der Waals surface area contributed by atoms with Crippen molar-refractivity contribution in [1.29, 1.82) is 0 Å². The molecule has 160 valence electrons. The Kier molecular flexibility index (Phi) is 3.97. The van der Waals surface area contributed by atoms with Crippen LogP contribution in [0.5, 0.6) is 0 Å². The van der Waals surface area contributed by atoms with E-state index in [9.17, 15) is 4.79 Å². The molecule has 0 fully saturated rings. The van der Waals surface area contributed by atoms with Gasteiger partial charge in [-0.1, -0.05) is 6.07 Å². The lowest BCUT2D eigenvalue weighted by Crippen LogP contribution is -2.41. The third kappa shape index (κ3) is 2.89. The van der Waals surface area contributed by atoms with E-state index in [0.29, 0.717) is 35.7 Å². The molecule has 11 heteroatoms. The molecule has 5 aromatic rings. The first-order valence-electron chi connectivity index (χ1n) is 10.1. The van der Waals surface area contributed by atoms with E-state index in [-0.39, 0.29) is 11.8 Å². The lowest BCUT2D eigenvalue weighted by atomic mass is 10.0. The number of oxazole rings is 1. The van der Waals surface area contributed by atoms with Crippen LogP contribution >= 0.6 is 0 Å². The average molecular weight is 430 g/mol. The summed E-state index contributed by atoms with van der Waals surface area (Å²) in [5, 5.41) is 12.1. The van der Waals surface area contributed by atoms with E-state index in [1.807, 2.05) is 25.1 Å². The molecular formula is C21H18N8O3. The predicted octanol–water partition coefficient (Wildman–Crippen LogP) is 2.43. The number of carbonyl (C=O) groups is 1. The molecule has 0 saturated heterocycles. The summed E-state index contributed by atoms with van der Waals surface area (Å²) < 4.78 is 13.4. The smallest absolute Gasteiger partial charge is 0.312 e. The molecule has 1 amide bonds. The van der Waals surface area contributed by atoms with E-state index in [0.717, 1.165) is 16.8 Å². The number of nitrogens with zero attached hydrogens (tertiary/aromatic N) is 7. The normalized spacial score (nSPS) is 15.9. The molecule has 0 saturated carbocycles. The topological polar surface area (TPSA) is 132 Å². The number of H-pyrrole nitrogens is 1. The van der Waals surface area contributed by atoms with Crippen LogP contribution in [0.2, 0.25) is 0 Å². The second-order valence-electron chi connectivity index (χ2n) is 7.76. The Hall–Kier alpha value is -4.28. The first-order valence-corrected chi connectivity index (χ1v) is 10.1. The first-order chi connectivity index (χ1) is 15.6. The van der Waals surface area contributed by atoms with Crippen molar-refractivity contribution in [3.05, 3.63) is 65.7 Å². The standard InChI is InChI=1S/C21H18N8O3/c1-11-3-4-13-15(7-11)31-19(25-13)17-16-14(22-10-23-16)5-6-29(17)21(30)20-27-26-18(32-20)12-8-24-28(2)9-12/h3-4,7-10,17H,5-6H2,1-2H3,(H,22,23)/t17-/m0/s1. The molecule has 0 radical (unpaired) electrons. The van der Waals surface area contributed by atoms with Gasteiger partial charge in [-0.25, -0.2) is 9.97 Å². The number of aryl methyl sites for hydroxylation is 2. The number of hydrogen-bond acceptors (Lipinski definition) is 8. The Morgan fingerprint density at radius 3 is 3.00 bits per heavy atom. The van der Waals surface area contributed by atoms with E-state index < -0.39 is 11.9 Å². The lowest BCUT2D eigenvalue weighted by Gasteiger charge is -2.31. The number of aromatic nitrogens is 7. The number of rotatable bonds is 3. The van der Waals surface area contributed by atoms with E-state index in [1.54, 1.807) is 35.4 Å². The number of carbonyl (C=O) groups excluding carboxylic acids is 1. The molecule has 6 rings (SSSR count). The fourth-order valence-corrected chi connectivity index (χ4v) is 3.99. The van der Waals surface area contributed by atoms with Crippen LogP contribution in [0.3, 0.4) is 0 Å². The van der Waals surface area contributed by atoms with Crippen LogP contribution in [0.25, 0.3) is 22.6 Å². The van der Waals surface area contributed by atoms with Crippen molar-refractivity contribution >= 4 is 17.0 Å². The Labute approximate surface area is 181 Å². The number of fused-ring (bicyclic) bond motifs is 2. The predicted molar refractivity (Wildman–Crippen MR) is 110 cm³/mol. The van der Waals surface area contributed by atoms with Crippen LogP contribution in [0, 0.1) is 6.92 Å². The molecule has 1 aliphatic rings. The molecule has 32 heavy (non-hydrogen) atoms. The van der Waals surface area contributed by atoms with E-state index in [4.69, 9.17) is 8.83 Å². The van der Waals surface area contributed by atoms with Gasteiger partial charge in [0.15, 0.2) is 11.6 Å². The lowest BCUT2D eigenvalue weighted by molar-refractivity contribution is 0.0627. The fourth-order valence-electron chi connectivity index (χ4n) is 3.99. The largest absolute Gasteiger partial charge is 0.438 e. The SMILES string of the molecule is Cc1ccc2nc([C@@H]3c4nc[nH]c4CCN3C(=O)c3nnc(-c4cnn(C)c4)o3)oc2c1. The molecule has 1 aliphatic heterocycles. The quantitative estimate of drug-likeness (QED) is 0.462. The molecule has 0 spiro atoms. The van der Waals surface area contributed by atoms with Gasteiger partial charge >= 0.3 is 11.8 Å². The maximum Gasteiger partial charge on any atom is 0.312 e. The number of imidazole rings is 1. The van der Waals surface area contributed by atoms with Gasteiger partial charge in [-0.05, 0) is 24.6 Å². The maximum absolute atomic E-state index is 13.4. The Bertz CT molecular complexity index is 1460. The zero-order chi connectivity index (χ0) is 21.8. The van der Waals surface area contributed by atoms with Gasteiger partial charge in [0, 0.05) is 31.9 Å². The highest BCUT2D eigenvalue weighted by atomic mass is 16.4. The van der Waals surface area contributed by atoms with Crippen molar-refractivity contribution in [2.75, 3.05) is 6.54 Å². The highest BCUT2D eigenvalue weighted by molar-refractivity contribution is 5.90. The molecule has 4 aromatic heterocycles. The Balaban J connectivity index is 1.40. The summed E-state index contributed by atoms with van der Waals surface area (Å²) in [6.07, 6.45) is 5.57. The van der Waals surface area contributed by atoms with Crippen molar-refractivity contribution in [3.63, 3.8) is 0 Å². The number of nitrogens with one attached hydrogen (secondary N) is 1. The van der Waals surface area contributed by atoms with Gasteiger partial charge in [0.2, 0.25) is 5.89 Å². The number of hydrogen-bond donors (Lipinski definition) is 1. The number of benzene rings is 1. The van der Waals surface area contributed by atoms with E-state index in [2.05, 4.69) is 30.2 Å². The number of aromatic amines is 1. The minimum Gasteiger partial charge on any atom is -0.438 e. The second-order valence-corrected chi connectivity index (χ2v) is 7.76. The average Bonchev–Trinajstić information content (AvgIpc) is 3.57. The van der Waals surface area contributed by atoms with Crippen LogP contribution in [0.1, 0.15) is 39.6 Å². The molecule has 0 bridgehead atoms. The molecule has 0 unspecified atom stereocenters. The summed E-state index contributed by atoms with van der Waals surface area (Å²) >= 11 is 0. The van der Waals surface area contributed by atoms with Gasteiger partial charge in [-0.3, -0.25) is 9.48 Å². The molecule has 1 aromatic carbocycles. The van der Waals surface area contributed by atoms with Crippen LogP contribution in [-0.4, -0.2) is 52.3 Å². The van der Waals surface area contributed by atoms with Crippen LogP contribution in [0.15, 0.2) is 45.8 Å².